The smallest absolute Gasteiger partial charge is 0.227 e. The molecule has 0 fully saturated rings. The predicted molar refractivity (Wildman–Crippen MR) is 75.8 cm³/mol. The van der Waals surface area contributed by atoms with Crippen molar-refractivity contribution in [1.82, 2.24) is 9.97 Å². The van der Waals surface area contributed by atoms with E-state index in [1.54, 1.807) is 0 Å². The Balaban J connectivity index is 2.18. The van der Waals surface area contributed by atoms with Gasteiger partial charge in [-0.15, -0.1) is 0 Å². The molecular weight excluding hydrogens is 264 g/mol. The third-order valence-corrected chi connectivity index (χ3v) is 2.65. The zero-order valence-corrected chi connectivity index (χ0v) is 11.3. The zero-order valence-electron chi connectivity index (χ0n) is 10.6. The lowest BCUT2D eigenvalue weighted by atomic mass is 10.2. The molecule has 0 unspecified atom stereocenters. The van der Waals surface area contributed by atoms with Crippen LogP contribution in [0.1, 0.15) is 12.5 Å². The molecule has 0 saturated carbocycles. The molecular formula is C13H15ClN4O. The first-order valence-electron chi connectivity index (χ1n) is 5.93. The number of hydrogen-bond acceptors (Lipinski definition) is 5. The molecule has 6 heteroatoms. The largest absolute Gasteiger partial charge is 0.494 e. The molecule has 0 spiro atoms. The van der Waals surface area contributed by atoms with Crippen LogP contribution in [0.5, 0.6) is 5.75 Å². The summed E-state index contributed by atoms with van der Waals surface area (Å²) in [6.45, 7) is 2.96. The van der Waals surface area contributed by atoms with Crippen LogP contribution in [0.4, 0.5) is 11.6 Å². The lowest BCUT2D eigenvalue weighted by Crippen LogP contribution is -2.03. The number of anilines is 2. The molecule has 1 heterocycles. The number of aromatic nitrogens is 2. The van der Waals surface area contributed by atoms with Gasteiger partial charge < -0.3 is 15.8 Å². The molecule has 0 atom stereocenters. The molecule has 100 valence electrons. The Morgan fingerprint density at radius 3 is 2.68 bits per heavy atom. The summed E-state index contributed by atoms with van der Waals surface area (Å²) in [6.07, 6.45) is 3.07. The fourth-order valence-corrected chi connectivity index (χ4v) is 1.72. The van der Waals surface area contributed by atoms with Gasteiger partial charge in [-0.2, -0.15) is 0 Å². The highest BCUT2D eigenvalue weighted by Gasteiger charge is 2.04. The van der Waals surface area contributed by atoms with Crippen molar-refractivity contribution < 1.29 is 4.74 Å². The van der Waals surface area contributed by atoms with Gasteiger partial charge in [0.05, 0.1) is 24.0 Å². The topological polar surface area (TPSA) is 73.1 Å². The minimum absolute atomic E-state index is 0.409. The van der Waals surface area contributed by atoms with Crippen LogP contribution in [0, 0.1) is 0 Å². The number of nitrogens with two attached hydrogens (primary N) is 1. The van der Waals surface area contributed by atoms with Gasteiger partial charge in [-0.3, -0.25) is 0 Å². The van der Waals surface area contributed by atoms with E-state index in [1.165, 1.54) is 12.4 Å². The normalized spacial score (nSPS) is 10.3. The van der Waals surface area contributed by atoms with Crippen molar-refractivity contribution in [1.29, 1.82) is 0 Å². The lowest BCUT2D eigenvalue weighted by Gasteiger charge is -2.11. The predicted octanol–water partition coefficient (Wildman–Crippen LogP) is 2.73. The van der Waals surface area contributed by atoms with E-state index >= 15 is 0 Å². The minimum Gasteiger partial charge on any atom is -0.494 e. The number of nitrogens with one attached hydrogen (secondary N) is 1. The molecule has 3 N–H and O–H groups in total. The van der Waals surface area contributed by atoms with Crippen molar-refractivity contribution in [3.8, 4) is 5.75 Å². The molecule has 0 bridgehead atoms. The summed E-state index contributed by atoms with van der Waals surface area (Å²) < 4.78 is 5.49. The molecule has 1 aromatic heterocycles. The molecule has 0 amide bonds. The van der Waals surface area contributed by atoms with E-state index in [9.17, 15) is 0 Å². The van der Waals surface area contributed by atoms with Crippen LogP contribution in [-0.4, -0.2) is 16.6 Å². The molecule has 2 aromatic rings. The van der Waals surface area contributed by atoms with E-state index in [0.29, 0.717) is 24.1 Å². The Bertz CT molecular complexity index is 545. The quantitative estimate of drug-likeness (QED) is 0.880. The second kappa shape index (κ2) is 6.36. The third-order valence-electron chi connectivity index (χ3n) is 2.46. The fourth-order valence-electron chi connectivity index (χ4n) is 1.62. The Kier molecular flexibility index (Phi) is 4.54. The van der Waals surface area contributed by atoms with Crippen LogP contribution < -0.4 is 15.8 Å². The van der Waals surface area contributed by atoms with Gasteiger partial charge in [-0.05, 0) is 25.1 Å². The summed E-state index contributed by atoms with van der Waals surface area (Å²) in [4.78, 5) is 8.14. The van der Waals surface area contributed by atoms with Gasteiger partial charge in [-0.25, -0.2) is 9.97 Å². The zero-order chi connectivity index (χ0) is 13.7. The summed E-state index contributed by atoms with van der Waals surface area (Å²) in [5, 5.41) is 3.58. The fraction of sp³-hybridized carbons (Fsp3) is 0.231. The van der Waals surface area contributed by atoms with Crippen LogP contribution in [0.15, 0.2) is 30.6 Å². The van der Waals surface area contributed by atoms with E-state index in [2.05, 4.69) is 15.3 Å². The molecule has 1 aromatic carbocycles. The summed E-state index contributed by atoms with van der Waals surface area (Å²) in [6, 6.07) is 5.69. The monoisotopic (exact) mass is 278 g/mol. The molecule has 0 radical (unpaired) electrons. The third kappa shape index (κ3) is 3.56. The molecule has 2 rings (SSSR count). The van der Waals surface area contributed by atoms with Crippen LogP contribution >= 0.6 is 11.6 Å². The molecule has 0 aliphatic rings. The van der Waals surface area contributed by atoms with Gasteiger partial charge in [0.2, 0.25) is 5.95 Å². The van der Waals surface area contributed by atoms with E-state index in [1.807, 2.05) is 25.1 Å². The number of rotatable bonds is 5. The van der Waals surface area contributed by atoms with Gasteiger partial charge in [0.25, 0.3) is 0 Å². The van der Waals surface area contributed by atoms with Gasteiger partial charge in [0, 0.05) is 17.8 Å². The highest BCUT2D eigenvalue weighted by molar-refractivity contribution is 6.30. The first-order chi connectivity index (χ1) is 9.22. The Hall–Kier alpha value is -1.85. The van der Waals surface area contributed by atoms with Crippen LogP contribution in [0.2, 0.25) is 5.02 Å². The Morgan fingerprint density at radius 2 is 2.05 bits per heavy atom. The number of nitrogens with zero attached hydrogens (tertiary/aromatic N) is 2. The van der Waals surface area contributed by atoms with Gasteiger partial charge in [0.15, 0.2) is 0 Å². The van der Waals surface area contributed by atoms with E-state index < -0.39 is 0 Å². The number of hydrogen-bond donors (Lipinski definition) is 2. The van der Waals surface area contributed by atoms with Crippen LogP contribution in [-0.2, 0) is 6.54 Å². The van der Waals surface area contributed by atoms with Crippen molar-refractivity contribution in [2.24, 2.45) is 5.73 Å². The maximum atomic E-state index is 5.73. The molecule has 5 nitrogen and oxygen atoms in total. The maximum absolute atomic E-state index is 5.73. The van der Waals surface area contributed by atoms with Crippen LogP contribution in [0.3, 0.4) is 0 Å². The SMILES string of the molecule is CCOc1ccc(Nc2ncc(Cl)cn2)cc1CN. The average Bonchev–Trinajstić information content (AvgIpc) is 2.43. The van der Waals surface area contributed by atoms with Gasteiger partial charge in [0.1, 0.15) is 5.75 Å². The van der Waals surface area contributed by atoms with Crippen molar-refractivity contribution in [2.45, 2.75) is 13.5 Å². The standard InChI is InChI=1S/C13H15ClN4O/c1-2-19-12-4-3-11(5-9(12)6-15)18-13-16-7-10(14)8-17-13/h3-5,7-8H,2,6,15H2,1H3,(H,16,17,18). The second-order valence-corrected chi connectivity index (χ2v) is 4.25. The molecule has 0 saturated heterocycles. The Morgan fingerprint density at radius 1 is 1.32 bits per heavy atom. The van der Waals surface area contributed by atoms with Gasteiger partial charge >= 0.3 is 0 Å². The maximum Gasteiger partial charge on any atom is 0.227 e. The lowest BCUT2D eigenvalue weighted by molar-refractivity contribution is 0.336. The van der Waals surface area contributed by atoms with Crippen molar-refractivity contribution in [3.63, 3.8) is 0 Å². The number of ether oxygens (including phenoxy) is 1. The second-order valence-electron chi connectivity index (χ2n) is 3.81. The minimum atomic E-state index is 0.409. The highest BCUT2D eigenvalue weighted by atomic mass is 35.5. The summed E-state index contributed by atoms with van der Waals surface area (Å²) in [5.74, 6) is 1.28. The van der Waals surface area contributed by atoms with Gasteiger partial charge in [-0.1, -0.05) is 11.6 Å². The van der Waals surface area contributed by atoms with Crippen LogP contribution in [0.25, 0.3) is 0 Å². The molecule has 0 aliphatic carbocycles. The average molecular weight is 279 g/mol. The van der Waals surface area contributed by atoms with E-state index in [-0.39, 0.29) is 0 Å². The Labute approximate surface area is 116 Å². The summed E-state index contributed by atoms with van der Waals surface area (Å²) in [5.41, 5.74) is 7.49. The first-order valence-corrected chi connectivity index (χ1v) is 6.31. The first kappa shape index (κ1) is 13.6. The molecule has 19 heavy (non-hydrogen) atoms. The van der Waals surface area contributed by atoms with E-state index in [4.69, 9.17) is 22.1 Å². The van der Waals surface area contributed by atoms with E-state index in [0.717, 1.165) is 17.0 Å². The number of benzene rings is 1. The summed E-state index contributed by atoms with van der Waals surface area (Å²) >= 11 is 5.73. The number of halogens is 1. The van der Waals surface area contributed by atoms with Crippen molar-refractivity contribution in [3.05, 3.63) is 41.2 Å². The van der Waals surface area contributed by atoms with Crippen molar-refractivity contribution >= 4 is 23.2 Å². The molecule has 0 aliphatic heterocycles. The van der Waals surface area contributed by atoms with Crippen molar-refractivity contribution in [2.75, 3.05) is 11.9 Å². The highest BCUT2D eigenvalue weighted by Crippen LogP contribution is 2.24. The summed E-state index contributed by atoms with van der Waals surface area (Å²) in [7, 11) is 0.